The van der Waals surface area contributed by atoms with Gasteiger partial charge in [0.25, 0.3) is 5.91 Å². The number of rotatable bonds is 6. The SMILES string of the molecule is CC(=O)/C=C(\C)NNC(=O)COc1ccc(Cl)cc1Cl. The summed E-state index contributed by atoms with van der Waals surface area (Å²) in [7, 11) is 0. The summed E-state index contributed by atoms with van der Waals surface area (Å²) in [6, 6.07) is 4.71. The predicted octanol–water partition coefficient (Wildman–Crippen LogP) is 2.49. The molecular weight excluding hydrogens is 303 g/mol. The zero-order chi connectivity index (χ0) is 15.1. The minimum Gasteiger partial charge on any atom is -0.482 e. The normalized spacial score (nSPS) is 10.9. The summed E-state index contributed by atoms with van der Waals surface area (Å²) in [5, 5.41) is 0.810. The molecule has 5 nitrogen and oxygen atoms in total. The molecule has 1 rings (SSSR count). The Morgan fingerprint density at radius 1 is 1.25 bits per heavy atom. The van der Waals surface area contributed by atoms with Crippen molar-refractivity contribution in [2.24, 2.45) is 0 Å². The van der Waals surface area contributed by atoms with Gasteiger partial charge in [-0.1, -0.05) is 23.2 Å². The third-order valence-electron chi connectivity index (χ3n) is 2.07. The van der Waals surface area contributed by atoms with Crippen molar-refractivity contribution in [2.45, 2.75) is 13.8 Å². The van der Waals surface area contributed by atoms with Crippen molar-refractivity contribution in [3.63, 3.8) is 0 Å². The molecule has 1 aromatic carbocycles. The van der Waals surface area contributed by atoms with Gasteiger partial charge in [0.1, 0.15) is 5.75 Å². The largest absolute Gasteiger partial charge is 0.482 e. The fourth-order valence-corrected chi connectivity index (χ4v) is 1.74. The van der Waals surface area contributed by atoms with Crippen LogP contribution in [0.4, 0.5) is 0 Å². The lowest BCUT2D eigenvalue weighted by Gasteiger charge is -2.10. The van der Waals surface area contributed by atoms with Crippen LogP contribution >= 0.6 is 23.2 Å². The van der Waals surface area contributed by atoms with Crippen LogP contribution in [0.1, 0.15) is 13.8 Å². The Balaban J connectivity index is 2.42. The van der Waals surface area contributed by atoms with Gasteiger partial charge in [-0.25, -0.2) is 0 Å². The number of carbonyl (C=O) groups excluding carboxylic acids is 2. The molecule has 0 aliphatic rings. The standard InChI is InChI=1S/C13H14Cl2N2O3/c1-8(5-9(2)18)16-17-13(19)7-20-12-4-3-10(14)6-11(12)15/h3-6,16H,7H2,1-2H3,(H,17,19)/b8-5+. The molecule has 1 aromatic rings. The number of hydrogen-bond acceptors (Lipinski definition) is 4. The van der Waals surface area contributed by atoms with Gasteiger partial charge >= 0.3 is 0 Å². The molecule has 0 unspecified atom stereocenters. The molecule has 0 radical (unpaired) electrons. The second kappa shape index (κ2) is 7.77. The number of hydrogen-bond donors (Lipinski definition) is 2. The van der Waals surface area contributed by atoms with Gasteiger partial charge in [-0.05, 0) is 32.0 Å². The second-order valence-electron chi connectivity index (χ2n) is 3.97. The average molecular weight is 317 g/mol. The molecule has 0 fully saturated rings. The van der Waals surface area contributed by atoms with Crippen molar-refractivity contribution in [3.8, 4) is 5.75 Å². The van der Waals surface area contributed by atoms with Crippen LogP contribution < -0.4 is 15.6 Å². The highest BCUT2D eigenvalue weighted by atomic mass is 35.5. The number of carbonyl (C=O) groups is 2. The molecule has 20 heavy (non-hydrogen) atoms. The van der Waals surface area contributed by atoms with E-state index in [9.17, 15) is 9.59 Å². The van der Waals surface area contributed by atoms with E-state index in [1.165, 1.54) is 19.1 Å². The Kier molecular flexibility index (Phi) is 6.35. The summed E-state index contributed by atoms with van der Waals surface area (Å²) in [6.07, 6.45) is 1.36. The summed E-state index contributed by atoms with van der Waals surface area (Å²) in [6.45, 7) is 2.85. The molecule has 0 aliphatic carbocycles. The number of amides is 1. The van der Waals surface area contributed by atoms with Crippen molar-refractivity contribution < 1.29 is 14.3 Å². The summed E-state index contributed by atoms with van der Waals surface area (Å²) in [5.74, 6) is -0.164. The lowest BCUT2D eigenvalue weighted by atomic mass is 10.3. The maximum Gasteiger partial charge on any atom is 0.276 e. The summed E-state index contributed by atoms with van der Waals surface area (Å²) >= 11 is 11.6. The lowest BCUT2D eigenvalue weighted by molar-refractivity contribution is -0.124. The fraction of sp³-hybridized carbons (Fsp3) is 0.231. The molecule has 1 amide bonds. The van der Waals surface area contributed by atoms with Crippen LogP contribution in [0.3, 0.4) is 0 Å². The molecule has 0 heterocycles. The predicted molar refractivity (Wildman–Crippen MR) is 77.7 cm³/mol. The Hall–Kier alpha value is -1.72. The summed E-state index contributed by atoms with van der Waals surface area (Å²) in [4.78, 5) is 22.3. The molecule has 0 saturated heterocycles. The monoisotopic (exact) mass is 316 g/mol. The maximum absolute atomic E-state index is 11.5. The van der Waals surface area contributed by atoms with Gasteiger partial charge in [-0.3, -0.25) is 15.0 Å². The Morgan fingerprint density at radius 2 is 1.95 bits per heavy atom. The van der Waals surface area contributed by atoms with E-state index in [-0.39, 0.29) is 12.4 Å². The van der Waals surface area contributed by atoms with Gasteiger partial charge in [0.2, 0.25) is 0 Å². The van der Waals surface area contributed by atoms with E-state index in [0.29, 0.717) is 21.5 Å². The van der Waals surface area contributed by atoms with Gasteiger partial charge in [0.15, 0.2) is 12.4 Å². The van der Waals surface area contributed by atoms with E-state index in [1.807, 2.05) is 0 Å². The van der Waals surface area contributed by atoms with Crippen molar-refractivity contribution in [1.29, 1.82) is 0 Å². The topological polar surface area (TPSA) is 67.4 Å². The van der Waals surface area contributed by atoms with Gasteiger partial charge in [-0.2, -0.15) is 0 Å². The smallest absolute Gasteiger partial charge is 0.276 e. The van der Waals surface area contributed by atoms with E-state index in [1.54, 1.807) is 19.1 Å². The van der Waals surface area contributed by atoms with Crippen LogP contribution in [-0.2, 0) is 9.59 Å². The lowest BCUT2D eigenvalue weighted by Crippen LogP contribution is -2.39. The van der Waals surface area contributed by atoms with E-state index < -0.39 is 5.91 Å². The van der Waals surface area contributed by atoms with Gasteiger partial charge in [-0.15, -0.1) is 0 Å². The van der Waals surface area contributed by atoms with Gasteiger partial charge in [0.05, 0.1) is 5.02 Å². The number of hydrazine groups is 1. The highest BCUT2D eigenvalue weighted by molar-refractivity contribution is 6.35. The Labute approximate surface area is 126 Å². The summed E-state index contributed by atoms with van der Waals surface area (Å²) < 4.78 is 5.24. The van der Waals surface area contributed by atoms with Crippen LogP contribution in [0, 0.1) is 0 Å². The maximum atomic E-state index is 11.5. The molecule has 0 saturated carbocycles. The van der Waals surface area contributed by atoms with Crippen molar-refractivity contribution in [1.82, 2.24) is 10.9 Å². The number of allylic oxidation sites excluding steroid dienone is 2. The Morgan fingerprint density at radius 3 is 2.55 bits per heavy atom. The zero-order valence-electron chi connectivity index (χ0n) is 11.0. The van der Waals surface area contributed by atoms with E-state index in [0.717, 1.165) is 0 Å². The van der Waals surface area contributed by atoms with Crippen LogP contribution in [0.25, 0.3) is 0 Å². The van der Waals surface area contributed by atoms with E-state index >= 15 is 0 Å². The highest BCUT2D eigenvalue weighted by Crippen LogP contribution is 2.27. The molecule has 2 N–H and O–H groups in total. The molecule has 0 aromatic heterocycles. The molecule has 7 heteroatoms. The first kappa shape index (κ1) is 16.3. The average Bonchev–Trinajstić information content (AvgIpc) is 2.34. The number of ether oxygens (including phenoxy) is 1. The van der Waals surface area contributed by atoms with E-state index in [2.05, 4.69) is 10.9 Å². The quantitative estimate of drug-likeness (QED) is 0.625. The third-order valence-corrected chi connectivity index (χ3v) is 2.60. The van der Waals surface area contributed by atoms with Crippen molar-refractivity contribution in [2.75, 3.05) is 6.61 Å². The molecule has 0 atom stereocenters. The minimum atomic E-state index is -0.410. The zero-order valence-corrected chi connectivity index (χ0v) is 12.5. The fourth-order valence-electron chi connectivity index (χ4n) is 1.28. The van der Waals surface area contributed by atoms with Crippen molar-refractivity contribution >= 4 is 34.9 Å². The molecule has 0 aliphatic heterocycles. The summed E-state index contributed by atoms with van der Waals surface area (Å²) in [5.41, 5.74) is 5.49. The number of halogens is 2. The van der Waals surface area contributed by atoms with Crippen LogP contribution in [0.5, 0.6) is 5.75 Å². The van der Waals surface area contributed by atoms with Crippen LogP contribution in [-0.4, -0.2) is 18.3 Å². The van der Waals surface area contributed by atoms with Gasteiger partial charge in [0, 0.05) is 16.8 Å². The molecule has 108 valence electrons. The first-order valence-corrected chi connectivity index (χ1v) is 6.45. The first-order valence-electron chi connectivity index (χ1n) is 5.70. The number of nitrogens with one attached hydrogen (secondary N) is 2. The first-order chi connectivity index (χ1) is 9.38. The minimum absolute atomic E-state index is 0.117. The van der Waals surface area contributed by atoms with E-state index in [4.69, 9.17) is 27.9 Å². The molecule has 0 bridgehead atoms. The Bertz CT molecular complexity index is 544. The second-order valence-corrected chi connectivity index (χ2v) is 4.82. The van der Waals surface area contributed by atoms with Crippen LogP contribution in [0.2, 0.25) is 10.0 Å². The van der Waals surface area contributed by atoms with Crippen LogP contribution in [0.15, 0.2) is 30.0 Å². The number of ketones is 1. The molecular formula is C13H14Cl2N2O3. The molecule has 0 spiro atoms. The number of benzene rings is 1. The van der Waals surface area contributed by atoms with Gasteiger partial charge < -0.3 is 10.2 Å². The third kappa shape index (κ3) is 5.95. The highest BCUT2D eigenvalue weighted by Gasteiger charge is 2.06. The van der Waals surface area contributed by atoms with Crippen molar-refractivity contribution in [3.05, 3.63) is 40.0 Å².